The molecule has 12 nitrogen and oxygen atoms in total. The average molecular weight is 785 g/mol. The summed E-state index contributed by atoms with van der Waals surface area (Å²) in [4.78, 5) is 43.4. The number of carbonyl (C=O) groups excluding carboxylic acids is 2. The molecule has 4 aromatic heterocycles. The molecule has 4 aliphatic rings. The minimum Gasteiger partial charge on any atom is -0.354 e. The summed E-state index contributed by atoms with van der Waals surface area (Å²) in [6.45, 7) is 6.88. The van der Waals surface area contributed by atoms with E-state index in [1.54, 1.807) is 24.4 Å². The summed E-state index contributed by atoms with van der Waals surface area (Å²) in [7, 11) is 0. The fourth-order valence-corrected chi connectivity index (χ4v) is 9.54. The molecule has 0 aliphatic carbocycles. The van der Waals surface area contributed by atoms with E-state index in [1.807, 2.05) is 51.8 Å². The van der Waals surface area contributed by atoms with E-state index in [2.05, 4.69) is 42.0 Å². The lowest BCUT2D eigenvalue weighted by Crippen LogP contribution is -2.53. The smallest absolute Gasteiger partial charge is 0.249 e. The number of piperidine rings is 2. The van der Waals surface area contributed by atoms with Crippen LogP contribution in [-0.2, 0) is 16.1 Å². The van der Waals surface area contributed by atoms with Crippen LogP contribution in [0.4, 0.5) is 20.4 Å². The van der Waals surface area contributed by atoms with E-state index in [4.69, 9.17) is 10.1 Å². The zero-order chi connectivity index (χ0) is 39.3. The van der Waals surface area contributed by atoms with E-state index in [-0.39, 0.29) is 29.5 Å². The number of rotatable bonds is 8. The Kier molecular flexibility index (Phi) is 9.60. The summed E-state index contributed by atoms with van der Waals surface area (Å²) in [5.74, 6) is 0.769. The van der Waals surface area contributed by atoms with E-state index in [1.165, 1.54) is 6.07 Å². The van der Waals surface area contributed by atoms with Crippen LogP contribution < -0.4 is 15.1 Å². The molecule has 8 heterocycles. The minimum absolute atomic E-state index is 0.0705. The quantitative estimate of drug-likeness (QED) is 0.183. The van der Waals surface area contributed by atoms with E-state index < -0.39 is 6.04 Å². The molecule has 298 valence electrons. The highest BCUT2D eigenvalue weighted by molar-refractivity contribution is 5.99. The highest BCUT2D eigenvalue weighted by Gasteiger charge is 2.31. The lowest BCUT2D eigenvalue weighted by Gasteiger charge is -2.43. The summed E-state index contributed by atoms with van der Waals surface area (Å²) in [5, 5.41) is 9.10. The Morgan fingerprint density at radius 2 is 1.59 bits per heavy atom. The number of carbonyl (C=O) groups is 2. The SMILES string of the molecule is O=C1CCC(n2cc3cc(F)c(CN4CCC(N5CCN(c6cccc(-c7cnc8ccc(N9CCC[C@@H]9c9cccc(F)c9)nn78)n6)CC5)CC4)cc3c2)C(=O)N1. The van der Waals surface area contributed by atoms with Gasteiger partial charge in [0.2, 0.25) is 11.8 Å². The monoisotopic (exact) mass is 784 g/mol. The molecule has 14 heteroatoms. The van der Waals surface area contributed by atoms with Gasteiger partial charge in [0.25, 0.3) is 0 Å². The zero-order valence-corrected chi connectivity index (χ0v) is 32.3. The van der Waals surface area contributed by atoms with Gasteiger partial charge in [0, 0.05) is 75.1 Å². The Bertz CT molecular complexity index is 2500. The number of piperazine rings is 1. The Labute approximate surface area is 335 Å². The van der Waals surface area contributed by atoms with Gasteiger partial charge in [-0.1, -0.05) is 18.2 Å². The first-order chi connectivity index (χ1) is 28.3. The first-order valence-electron chi connectivity index (χ1n) is 20.5. The topological polar surface area (TPSA) is 107 Å². The number of benzene rings is 2. The van der Waals surface area contributed by atoms with Gasteiger partial charge in [-0.3, -0.25) is 24.7 Å². The van der Waals surface area contributed by atoms with Crippen LogP contribution in [0.1, 0.15) is 61.7 Å². The Balaban J connectivity index is 0.757. The molecule has 4 saturated heterocycles. The fraction of sp³-hybridized carbons (Fsp3) is 0.386. The van der Waals surface area contributed by atoms with E-state index in [0.717, 1.165) is 117 Å². The van der Waals surface area contributed by atoms with Gasteiger partial charge in [0.1, 0.15) is 35.0 Å². The van der Waals surface area contributed by atoms with Crippen molar-refractivity contribution >= 4 is 39.9 Å². The van der Waals surface area contributed by atoms with Gasteiger partial charge in [-0.2, -0.15) is 0 Å². The molecule has 1 unspecified atom stereocenters. The molecule has 1 N–H and O–H groups in total. The summed E-state index contributed by atoms with van der Waals surface area (Å²) >= 11 is 0. The van der Waals surface area contributed by atoms with Crippen molar-refractivity contribution in [3.8, 4) is 11.4 Å². The third-order valence-corrected chi connectivity index (χ3v) is 12.6. The number of halogens is 2. The van der Waals surface area contributed by atoms with Crippen LogP contribution in [-0.4, -0.2) is 97.6 Å². The maximum atomic E-state index is 15.3. The number of anilines is 2. The Morgan fingerprint density at radius 3 is 2.40 bits per heavy atom. The maximum absolute atomic E-state index is 15.3. The molecular formula is C44H46F2N10O2. The molecule has 4 aliphatic heterocycles. The van der Waals surface area contributed by atoms with Gasteiger partial charge >= 0.3 is 0 Å². The van der Waals surface area contributed by atoms with E-state index >= 15 is 4.39 Å². The van der Waals surface area contributed by atoms with Crippen LogP contribution in [0.2, 0.25) is 0 Å². The normalized spacial score (nSPS) is 21.4. The third-order valence-electron chi connectivity index (χ3n) is 12.6. The maximum Gasteiger partial charge on any atom is 0.249 e. The van der Waals surface area contributed by atoms with Gasteiger partial charge in [0.05, 0.1) is 17.9 Å². The molecule has 0 bridgehead atoms. The van der Waals surface area contributed by atoms with Gasteiger partial charge < -0.3 is 14.4 Å². The molecule has 2 atom stereocenters. The number of nitrogens with zero attached hydrogens (tertiary/aromatic N) is 9. The van der Waals surface area contributed by atoms with Crippen LogP contribution in [0.25, 0.3) is 27.8 Å². The van der Waals surface area contributed by atoms with Gasteiger partial charge in [0.15, 0.2) is 5.65 Å². The number of pyridine rings is 1. The van der Waals surface area contributed by atoms with Crippen molar-refractivity contribution in [2.24, 2.45) is 0 Å². The first kappa shape index (κ1) is 36.6. The molecule has 2 aromatic carbocycles. The molecular weight excluding hydrogens is 739 g/mol. The highest BCUT2D eigenvalue weighted by Crippen LogP contribution is 2.36. The highest BCUT2D eigenvalue weighted by atomic mass is 19.1. The lowest BCUT2D eigenvalue weighted by atomic mass is 10.0. The van der Waals surface area contributed by atoms with Crippen molar-refractivity contribution < 1.29 is 18.4 Å². The van der Waals surface area contributed by atoms with Gasteiger partial charge in [-0.25, -0.2) is 23.3 Å². The number of likely N-dealkylation sites (tertiary alicyclic amines) is 1. The van der Waals surface area contributed by atoms with Gasteiger partial charge in [-0.15, -0.1) is 5.10 Å². The summed E-state index contributed by atoms with van der Waals surface area (Å²) < 4.78 is 33.1. The van der Waals surface area contributed by atoms with E-state index in [0.29, 0.717) is 31.0 Å². The number of imidazole rings is 1. The van der Waals surface area contributed by atoms with Crippen molar-refractivity contribution in [1.29, 1.82) is 0 Å². The second kappa shape index (κ2) is 15.2. The molecule has 0 spiro atoms. The Hall–Kier alpha value is -5.73. The fourth-order valence-electron chi connectivity index (χ4n) is 9.54. The van der Waals surface area contributed by atoms with Crippen LogP contribution in [0.5, 0.6) is 0 Å². The number of hydrogen-bond donors (Lipinski definition) is 1. The molecule has 58 heavy (non-hydrogen) atoms. The molecule has 2 amide bonds. The molecule has 6 aromatic rings. The van der Waals surface area contributed by atoms with Crippen LogP contribution in [0.3, 0.4) is 0 Å². The number of fused-ring (bicyclic) bond motifs is 2. The van der Waals surface area contributed by atoms with Crippen molar-refractivity contribution in [3.05, 3.63) is 108 Å². The molecule has 0 radical (unpaired) electrons. The second-order valence-electron chi connectivity index (χ2n) is 16.2. The van der Waals surface area contributed by atoms with E-state index in [9.17, 15) is 14.0 Å². The molecule has 10 rings (SSSR count). The van der Waals surface area contributed by atoms with Crippen molar-refractivity contribution in [3.63, 3.8) is 0 Å². The minimum atomic E-state index is -0.459. The van der Waals surface area contributed by atoms with Crippen LogP contribution in [0.15, 0.2) is 85.3 Å². The van der Waals surface area contributed by atoms with Crippen molar-refractivity contribution in [2.45, 2.75) is 63.2 Å². The Morgan fingerprint density at radius 1 is 0.776 bits per heavy atom. The predicted octanol–water partition coefficient (Wildman–Crippen LogP) is 6.13. The first-order valence-corrected chi connectivity index (χ1v) is 20.5. The third kappa shape index (κ3) is 7.08. The lowest BCUT2D eigenvalue weighted by molar-refractivity contribution is -0.135. The number of hydrogen-bond acceptors (Lipinski definition) is 9. The van der Waals surface area contributed by atoms with Crippen LogP contribution >= 0.6 is 0 Å². The average Bonchev–Trinajstić information content (AvgIpc) is 4.00. The molecule has 4 fully saturated rings. The van der Waals surface area contributed by atoms with Crippen LogP contribution in [0, 0.1) is 11.6 Å². The number of nitrogens with one attached hydrogen (secondary N) is 1. The number of aromatic nitrogens is 5. The summed E-state index contributed by atoms with van der Waals surface area (Å²) in [6.07, 6.45) is 10.3. The largest absolute Gasteiger partial charge is 0.354 e. The number of imide groups is 1. The summed E-state index contributed by atoms with van der Waals surface area (Å²) in [5.41, 5.74) is 4.03. The predicted molar refractivity (Wildman–Crippen MR) is 217 cm³/mol. The number of amides is 2. The summed E-state index contributed by atoms with van der Waals surface area (Å²) in [6, 6.07) is 20.6. The zero-order valence-electron chi connectivity index (χ0n) is 32.3. The van der Waals surface area contributed by atoms with Crippen molar-refractivity contribution in [2.75, 3.05) is 55.6 Å². The second-order valence-corrected chi connectivity index (χ2v) is 16.2. The van der Waals surface area contributed by atoms with Gasteiger partial charge in [-0.05, 0) is 105 Å². The molecule has 0 saturated carbocycles. The standard InChI is InChI=1S/C44H46F2N10O2/c45-33-5-1-4-29(23-33)37-7-3-15-55(37)42-11-10-40-47-25-39(56(40)50-42)36-6-2-8-41(48-36)53-20-18-52(19-21-53)34-13-16-51(17-14-34)26-32-22-30-27-54(28-31(30)24-35(32)46)38-9-12-43(57)49-44(38)58/h1-2,4-6,8,10-11,22-25,27-28,34,37-38H,3,7,9,12-21,26H2,(H,49,57,58)/t37-,38?/m1/s1. The van der Waals surface area contributed by atoms with Crippen molar-refractivity contribution in [1.82, 2.24) is 39.3 Å².